The van der Waals surface area contributed by atoms with E-state index in [1.54, 1.807) is 6.92 Å². The number of sulfone groups is 1. The van der Waals surface area contributed by atoms with Crippen LogP contribution in [0.4, 0.5) is 0 Å². The molecule has 5 heteroatoms. The molecule has 1 heterocycles. The van der Waals surface area contributed by atoms with Crippen molar-refractivity contribution in [2.45, 2.75) is 51.5 Å². The Morgan fingerprint density at radius 3 is 2.65 bits per heavy atom. The van der Waals surface area contributed by atoms with E-state index in [0.717, 1.165) is 19.4 Å². The first kappa shape index (κ1) is 14.6. The van der Waals surface area contributed by atoms with Crippen LogP contribution in [0.1, 0.15) is 45.4 Å². The van der Waals surface area contributed by atoms with Crippen molar-refractivity contribution in [1.29, 1.82) is 0 Å². The number of ketones is 1. The molecule has 0 saturated carbocycles. The molecular weight excluding hydrogens is 238 g/mol. The van der Waals surface area contributed by atoms with Gasteiger partial charge in [0, 0.05) is 24.6 Å². The van der Waals surface area contributed by atoms with Crippen LogP contribution in [0.3, 0.4) is 0 Å². The SMILES string of the molecule is CCS(=O)(=O)CCC(=O)CCC1CCCCN1. The third-order valence-corrected chi connectivity index (χ3v) is 5.02. The predicted molar refractivity (Wildman–Crippen MR) is 68.8 cm³/mol. The van der Waals surface area contributed by atoms with Crippen LogP contribution in [0.2, 0.25) is 0 Å². The maximum absolute atomic E-state index is 11.6. The molecule has 1 unspecified atom stereocenters. The fraction of sp³-hybridized carbons (Fsp3) is 0.917. The van der Waals surface area contributed by atoms with Crippen molar-refractivity contribution < 1.29 is 13.2 Å². The lowest BCUT2D eigenvalue weighted by molar-refractivity contribution is -0.118. The zero-order chi connectivity index (χ0) is 12.7. The molecule has 1 saturated heterocycles. The molecule has 4 nitrogen and oxygen atoms in total. The van der Waals surface area contributed by atoms with E-state index in [9.17, 15) is 13.2 Å². The molecule has 1 fully saturated rings. The van der Waals surface area contributed by atoms with Crippen molar-refractivity contribution in [3.63, 3.8) is 0 Å². The zero-order valence-corrected chi connectivity index (χ0v) is 11.4. The summed E-state index contributed by atoms with van der Waals surface area (Å²) in [6.07, 6.45) is 5.14. The Morgan fingerprint density at radius 2 is 2.06 bits per heavy atom. The van der Waals surface area contributed by atoms with E-state index in [0.29, 0.717) is 12.5 Å². The summed E-state index contributed by atoms with van der Waals surface area (Å²) < 4.78 is 22.5. The minimum Gasteiger partial charge on any atom is -0.314 e. The minimum atomic E-state index is -2.99. The van der Waals surface area contributed by atoms with Gasteiger partial charge in [-0.3, -0.25) is 4.79 Å². The summed E-state index contributed by atoms with van der Waals surface area (Å²) in [6.45, 7) is 2.66. The van der Waals surface area contributed by atoms with Crippen LogP contribution >= 0.6 is 0 Å². The highest BCUT2D eigenvalue weighted by Gasteiger charge is 2.15. The van der Waals surface area contributed by atoms with Crippen LogP contribution in [0.25, 0.3) is 0 Å². The lowest BCUT2D eigenvalue weighted by Gasteiger charge is -2.22. The maximum atomic E-state index is 11.6. The van der Waals surface area contributed by atoms with Crippen molar-refractivity contribution in [2.24, 2.45) is 0 Å². The first-order valence-electron chi connectivity index (χ1n) is 6.49. The molecule has 17 heavy (non-hydrogen) atoms. The van der Waals surface area contributed by atoms with E-state index in [2.05, 4.69) is 5.32 Å². The quantitative estimate of drug-likeness (QED) is 0.750. The van der Waals surface area contributed by atoms with Gasteiger partial charge in [-0.2, -0.15) is 0 Å². The van der Waals surface area contributed by atoms with Crippen LogP contribution < -0.4 is 5.32 Å². The molecule has 0 radical (unpaired) electrons. The first-order chi connectivity index (χ1) is 8.03. The van der Waals surface area contributed by atoms with Gasteiger partial charge in [-0.15, -0.1) is 0 Å². The van der Waals surface area contributed by atoms with E-state index >= 15 is 0 Å². The summed E-state index contributed by atoms with van der Waals surface area (Å²) in [6, 6.07) is 0.454. The largest absolute Gasteiger partial charge is 0.314 e. The second-order valence-corrected chi connectivity index (χ2v) is 7.18. The normalized spacial score (nSPS) is 21.4. The van der Waals surface area contributed by atoms with E-state index in [1.807, 2.05) is 0 Å². The second kappa shape index (κ2) is 7.11. The number of nitrogens with one attached hydrogen (secondary N) is 1. The molecule has 0 bridgehead atoms. The summed E-state index contributed by atoms with van der Waals surface area (Å²) in [5.41, 5.74) is 0. The van der Waals surface area contributed by atoms with Crippen LogP contribution in [-0.2, 0) is 14.6 Å². The Labute approximate surface area is 104 Å². The molecule has 0 amide bonds. The van der Waals surface area contributed by atoms with Gasteiger partial charge in [0.05, 0.1) is 5.75 Å². The molecule has 0 aliphatic carbocycles. The Kier molecular flexibility index (Phi) is 6.12. The number of piperidine rings is 1. The van der Waals surface area contributed by atoms with Gasteiger partial charge in [-0.1, -0.05) is 13.3 Å². The smallest absolute Gasteiger partial charge is 0.150 e. The van der Waals surface area contributed by atoms with Gasteiger partial charge in [-0.25, -0.2) is 8.42 Å². The van der Waals surface area contributed by atoms with Crippen molar-refractivity contribution in [1.82, 2.24) is 5.32 Å². The third kappa shape index (κ3) is 6.17. The lowest BCUT2D eigenvalue weighted by atomic mass is 9.99. The number of hydrogen-bond donors (Lipinski definition) is 1. The molecule has 1 rings (SSSR count). The summed E-state index contributed by atoms with van der Waals surface area (Å²) >= 11 is 0. The van der Waals surface area contributed by atoms with Crippen LogP contribution in [0, 0.1) is 0 Å². The van der Waals surface area contributed by atoms with Crippen molar-refractivity contribution >= 4 is 15.6 Å². The molecule has 1 aliphatic heterocycles. The van der Waals surface area contributed by atoms with Gasteiger partial charge in [0.1, 0.15) is 15.6 Å². The Balaban J connectivity index is 2.16. The van der Waals surface area contributed by atoms with E-state index in [4.69, 9.17) is 0 Å². The van der Waals surface area contributed by atoms with E-state index < -0.39 is 9.84 Å². The number of Topliss-reactive ketones (excluding diaryl/α,β-unsaturated/α-hetero) is 1. The monoisotopic (exact) mass is 261 g/mol. The van der Waals surface area contributed by atoms with Gasteiger partial charge in [0.25, 0.3) is 0 Å². The van der Waals surface area contributed by atoms with Gasteiger partial charge in [0.15, 0.2) is 0 Å². The molecule has 1 atom stereocenters. The van der Waals surface area contributed by atoms with Crippen molar-refractivity contribution in [2.75, 3.05) is 18.1 Å². The number of carbonyl (C=O) groups excluding carboxylic acids is 1. The topological polar surface area (TPSA) is 63.2 Å². The highest BCUT2D eigenvalue weighted by molar-refractivity contribution is 7.91. The van der Waals surface area contributed by atoms with Gasteiger partial charge < -0.3 is 5.32 Å². The number of rotatable bonds is 7. The zero-order valence-electron chi connectivity index (χ0n) is 10.6. The van der Waals surface area contributed by atoms with E-state index in [-0.39, 0.29) is 23.7 Å². The summed E-state index contributed by atoms with van der Waals surface area (Å²) in [5, 5.41) is 3.39. The highest BCUT2D eigenvalue weighted by Crippen LogP contribution is 2.12. The summed E-state index contributed by atoms with van der Waals surface area (Å²) in [4.78, 5) is 11.6. The minimum absolute atomic E-state index is 0.0143. The van der Waals surface area contributed by atoms with E-state index in [1.165, 1.54) is 12.8 Å². The molecule has 0 aromatic rings. The first-order valence-corrected chi connectivity index (χ1v) is 8.31. The average molecular weight is 261 g/mol. The molecule has 0 aromatic heterocycles. The highest BCUT2D eigenvalue weighted by atomic mass is 32.2. The van der Waals surface area contributed by atoms with Crippen LogP contribution in [0.5, 0.6) is 0 Å². The Morgan fingerprint density at radius 1 is 1.29 bits per heavy atom. The van der Waals surface area contributed by atoms with Gasteiger partial charge in [-0.05, 0) is 25.8 Å². The molecule has 1 aliphatic rings. The fourth-order valence-corrected chi connectivity index (χ4v) is 2.87. The fourth-order valence-electron chi connectivity index (χ4n) is 2.04. The second-order valence-electron chi connectivity index (χ2n) is 4.71. The molecule has 1 N–H and O–H groups in total. The van der Waals surface area contributed by atoms with Crippen molar-refractivity contribution in [3.8, 4) is 0 Å². The molecular formula is C12H23NO3S. The van der Waals surface area contributed by atoms with Gasteiger partial charge in [0.2, 0.25) is 0 Å². The lowest BCUT2D eigenvalue weighted by Crippen LogP contribution is -2.34. The third-order valence-electron chi connectivity index (χ3n) is 3.32. The number of hydrogen-bond acceptors (Lipinski definition) is 4. The summed E-state index contributed by atoms with van der Waals surface area (Å²) in [7, 11) is -2.99. The Hall–Kier alpha value is -0.420. The molecule has 0 spiro atoms. The summed E-state index contributed by atoms with van der Waals surface area (Å²) in [5.74, 6) is 0.222. The molecule has 100 valence electrons. The standard InChI is InChI=1S/C12H23NO3S/c1-2-17(15,16)10-8-12(14)7-6-11-5-3-4-9-13-11/h11,13H,2-10H2,1H3. The average Bonchev–Trinajstić information content (AvgIpc) is 2.35. The van der Waals surface area contributed by atoms with Crippen molar-refractivity contribution in [3.05, 3.63) is 0 Å². The van der Waals surface area contributed by atoms with Crippen LogP contribution in [0.15, 0.2) is 0 Å². The number of carbonyl (C=O) groups is 1. The van der Waals surface area contributed by atoms with Gasteiger partial charge >= 0.3 is 0 Å². The predicted octanol–water partition coefficient (Wildman–Crippen LogP) is 1.30. The Bertz CT molecular complexity index is 332. The van der Waals surface area contributed by atoms with Crippen LogP contribution in [-0.4, -0.2) is 38.3 Å². The molecule has 0 aromatic carbocycles. The maximum Gasteiger partial charge on any atom is 0.150 e.